The van der Waals surface area contributed by atoms with Gasteiger partial charge in [-0.15, -0.1) is 0 Å². The lowest BCUT2D eigenvalue weighted by Gasteiger charge is -2.18. The fourth-order valence-electron chi connectivity index (χ4n) is 2.18. The van der Waals surface area contributed by atoms with Crippen LogP contribution < -0.4 is 16.4 Å². The number of fused-ring (bicyclic) bond motifs is 1. The zero-order chi connectivity index (χ0) is 13.9. The van der Waals surface area contributed by atoms with Crippen LogP contribution in [0.15, 0.2) is 30.5 Å². The Morgan fingerprint density at radius 2 is 2.20 bits per heavy atom. The normalized spacial score (nSPS) is 13.6. The summed E-state index contributed by atoms with van der Waals surface area (Å²) in [4.78, 5) is 19.7. The van der Waals surface area contributed by atoms with E-state index in [2.05, 4.69) is 20.6 Å². The van der Waals surface area contributed by atoms with Crippen molar-refractivity contribution in [3.8, 4) is 0 Å². The van der Waals surface area contributed by atoms with Gasteiger partial charge in [-0.1, -0.05) is 0 Å². The molecule has 1 aromatic carbocycles. The van der Waals surface area contributed by atoms with Crippen LogP contribution in [-0.2, 0) is 17.8 Å². The molecule has 0 saturated carbocycles. The zero-order valence-corrected chi connectivity index (χ0v) is 10.9. The van der Waals surface area contributed by atoms with E-state index in [9.17, 15) is 4.79 Å². The van der Waals surface area contributed by atoms with E-state index in [4.69, 9.17) is 5.73 Å². The molecule has 20 heavy (non-hydrogen) atoms. The molecular weight excluding hydrogens is 254 g/mol. The predicted octanol–water partition coefficient (Wildman–Crippen LogP) is 1.56. The minimum Gasteiger partial charge on any atom is -0.340 e. The predicted molar refractivity (Wildman–Crippen MR) is 76.6 cm³/mol. The molecule has 1 aliphatic heterocycles. The number of carbonyl (C=O) groups is 1. The quantitative estimate of drug-likeness (QED) is 0.786. The Morgan fingerprint density at radius 1 is 1.30 bits per heavy atom. The lowest BCUT2D eigenvalue weighted by molar-refractivity contribution is -0.116. The van der Waals surface area contributed by atoms with E-state index in [0.717, 1.165) is 23.4 Å². The van der Waals surface area contributed by atoms with Gasteiger partial charge >= 0.3 is 0 Å². The molecule has 2 aromatic rings. The highest BCUT2D eigenvalue weighted by Crippen LogP contribution is 2.26. The summed E-state index contributed by atoms with van der Waals surface area (Å²) >= 11 is 0. The number of aryl methyl sites for hydroxylation is 1. The highest BCUT2D eigenvalue weighted by molar-refractivity contribution is 5.94. The molecule has 0 aliphatic carbocycles. The molecule has 0 saturated heterocycles. The van der Waals surface area contributed by atoms with Gasteiger partial charge < -0.3 is 16.4 Å². The Morgan fingerprint density at radius 3 is 3.05 bits per heavy atom. The van der Waals surface area contributed by atoms with Crippen LogP contribution in [0.5, 0.6) is 0 Å². The Hall–Kier alpha value is -2.47. The highest BCUT2D eigenvalue weighted by Gasteiger charge is 2.14. The average molecular weight is 269 g/mol. The summed E-state index contributed by atoms with van der Waals surface area (Å²) in [6.45, 7) is 0.311. The van der Waals surface area contributed by atoms with Crippen LogP contribution in [0.2, 0.25) is 0 Å². The molecule has 0 spiro atoms. The van der Waals surface area contributed by atoms with Gasteiger partial charge in [-0.2, -0.15) is 0 Å². The summed E-state index contributed by atoms with van der Waals surface area (Å²) in [5.74, 6) is 1.38. The molecule has 6 nitrogen and oxygen atoms in total. The van der Waals surface area contributed by atoms with Gasteiger partial charge in [0.25, 0.3) is 0 Å². The first-order valence-corrected chi connectivity index (χ1v) is 6.46. The van der Waals surface area contributed by atoms with Crippen LogP contribution in [0.1, 0.15) is 17.8 Å². The first-order chi connectivity index (χ1) is 9.74. The van der Waals surface area contributed by atoms with Crippen molar-refractivity contribution < 1.29 is 4.79 Å². The van der Waals surface area contributed by atoms with E-state index < -0.39 is 0 Å². The number of anilines is 3. The van der Waals surface area contributed by atoms with Crippen molar-refractivity contribution in [3.05, 3.63) is 41.9 Å². The summed E-state index contributed by atoms with van der Waals surface area (Å²) in [6.07, 6.45) is 2.96. The number of rotatable bonds is 3. The van der Waals surface area contributed by atoms with Gasteiger partial charge in [0.15, 0.2) is 0 Å². The minimum absolute atomic E-state index is 0.0709. The molecule has 102 valence electrons. The number of hydrogen-bond acceptors (Lipinski definition) is 5. The highest BCUT2D eigenvalue weighted by atomic mass is 16.1. The van der Waals surface area contributed by atoms with Crippen molar-refractivity contribution >= 4 is 23.1 Å². The molecule has 0 bridgehead atoms. The van der Waals surface area contributed by atoms with Crippen molar-refractivity contribution in [3.63, 3.8) is 0 Å². The fraction of sp³-hybridized carbons (Fsp3) is 0.214. The molecule has 0 atom stereocenters. The monoisotopic (exact) mass is 269 g/mol. The maximum Gasteiger partial charge on any atom is 0.224 e. The van der Waals surface area contributed by atoms with Crippen LogP contribution in [0.25, 0.3) is 0 Å². The number of aromatic nitrogens is 2. The Balaban J connectivity index is 1.82. The van der Waals surface area contributed by atoms with E-state index in [1.165, 1.54) is 0 Å². The largest absolute Gasteiger partial charge is 0.340 e. The minimum atomic E-state index is 0.0709. The van der Waals surface area contributed by atoms with Crippen molar-refractivity contribution in [2.75, 3.05) is 10.6 Å². The van der Waals surface area contributed by atoms with Gasteiger partial charge in [-0.3, -0.25) is 4.79 Å². The first kappa shape index (κ1) is 12.6. The van der Waals surface area contributed by atoms with Gasteiger partial charge in [0.1, 0.15) is 11.6 Å². The topological polar surface area (TPSA) is 92.9 Å². The third-order valence-corrected chi connectivity index (χ3v) is 3.16. The lowest BCUT2D eigenvalue weighted by atomic mass is 10.0. The maximum absolute atomic E-state index is 11.3. The summed E-state index contributed by atoms with van der Waals surface area (Å²) in [5.41, 5.74) is 8.47. The molecule has 0 fully saturated rings. The zero-order valence-electron chi connectivity index (χ0n) is 10.9. The molecule has 0 unspecified atom stereocenters. The number of carbonyl (C=O) groups excluding carboxylic acids is 1. The number of nitrogens with two attached hydrogens (primary N) is 1. The number of amides is 1. The van der Waals surface area contributed by atoms with E-state index in [-0.39, 0.29) is 5.91 Å². The molecule has 0 radical (unpaired) electrons. The summed E-state index contributed by atoms with van der Waals surface area (Å²) in [7, 11) is 0. The molecule has 2 heterocycles. The maximum atomic E-state index is 11.3. The summed E-state index contributed by atoms with van der Waals surface area (Å²) in [5, 5.41) is 6.08. The van der Waals surface area contributed by atoms with E-state index >= 15 is 0 Å². The number of nitrogens with one attached hydrogen (secondary N) is 2. The molecule has 4 N–H and O–H groups in total. The molecule has 1 aliphatic rings. The van der Waals surface area contributed by atoms with Crippen molar-refractivity contribution in [2.45, 2.75) is 19.4 Å². The van der Waals surface area contributed by atoms with Gasteiger partial charge in [0.2, 0.25) is 5.91 Å². The van der Waals surface area contributed by atoms with Gasteiger partial charge in [0, 0.05) is 24.0 Å². The lowest BCUT2D eigenvalue weighted by Crippen LogP contribution is -2.18. The molecule has 1 amide bonds. The number of nitrogens with zero attached hydrogens (tertiary/aromatic N) is 2. The second-order valence-electron chi connectivity index (χ2n) is 4.61. The van der Waals surface area contributed by atoms with Crippen molar-refractivity contribution in [2.24, 2.45) is 5.73 Å². The standard InChI is InChI=1S/C14H15N5O/c15-8-13-16-6-5-12(19-13)17-10-2-3-11-9(7-10)1-4-14(20)18-11/h2-3,5-7H,1,4,8,15H2,(H,18,20)(H,16,17,19). The van der Waals surface area contributed by atoms with Gasteiger partial charge in [-0.05, 0) is 36.2 Å². The molecule has 1 aromatic heterocycles. The molecule has 3 rings (SSSR count). The SMILES string of the molecule is NCc1nccc(Nc2ccc3c(c2)CCC(=O)N3)n1. The molecular formula is C14H15N5O. The Labute approximate surface area is 116 Å². The van der Waals surface area contributed by atoms with Crippen LogP contribution in [0.3, 0.4) is 0 Å². The van der Waals surface area contributed by atoms with Crippen LogP contribution in [0, 0.1) is 0 Å². The number of benzene rings is 1. The number of hydrogen-bond donors (Lipinski definition) is 3. The smallest absolute Gasteiger partial charge is 0.224 e. The second-order valence-corrected chi connectivity index (χ2v) is 4.61. The first-order valence-electron chi connectivity index (χ1n) is 6.46. The van der Waals surface area contributed by atoms with E-state index in [1.54, 1.807) is 12.3 Å². The van der Waals surface area contributed by atoms with Crippen molar-refractivity contribution in [1.82, 2.24) is 9.97 Å². The third-order valence-electron chi connectivity index (χ3n) is 3.16. The summed E-state index contributed by atoms with van der Waals surface area (Å²) in [6, 6.07) is 7.63. The van der Waals surface area contributed by atoms with Crippen LogP contribution in [0.4, 0.5) is 17.2 Å². The van der Waals surface area contributed by atoms with E-state index in [1.807, 2.05) is 18.2 Å². The van der Waals surface area contributed by atoms with Crippen LogP contribution >= 0.6 is 0 Å². The van der Waals surface area contributed by atoms with Gasteiger partial charge in [0.05, 0.1) is 6.54 Å². The Kier molecular flexibility index (Phi) is 3.30. The molecule has 6 heteroatoms. The fourth-order valence-corrected chi connectivity index (χ4v) is 2.18. The van der Waals surface area contributed by atoms with E-state index in [0.29, 0.717) is 24.6 Å². The Bertz CT molecular complexity index is 656. The summed E-state index contributed by atoms with van der Waals surface area (Å²) < 4.78 is 0. The van der Waals surface area contributed by atoms with Crippen LogP contribution in [-0.4, -0.2) is 15.9 Å². The third kappa shape index (κ3) is 2.60. The second kappa shape index (κ2) is 5.26. The van der Waals surface area contributed by atoms with Crippen molar-refractivity contribution in [1.29, 1.82) is 0 Å². The van der Waals surface area contributed by atoms with Gasteiger partial charge in [-0.25, -0.2) is 9.97 Å². The average Bonchev–Trinajstić information content (AvgIpc) is 2.47.